The Bertz CT molecular complexity index is 829. The van der Waals surface area contributed by atoms with Gasteiger partial charge in [0.2, 0.25) is 5.67 Å². The van der Waals surface area contributed by atoms with Crippen LogP contribution in [0.5, 0.6) is 11.5 Å². The Morgan fingerprint density at radius 3 is 2.59 bits per heavy atom. The number of piperidine rings is 1. The summed E-state index contributed by atoms with van der Waals surface area (Å²) in [5.41, 5.74) is -1.43. The van der Waals surface area contributed by atoms with E-state index in [0.717, 1.165) is 12.8 Å². The molecule has 1 aliphatic carbocycles. The van der Waals surface area contributed by atoms with Crippen molar-refractivity contribution in [1.29, 1.82) is 0 Å². The Morgan fingerprint density at radius 1 is 1.26 bits per heavy atom. The van der Waals surface area contributed by atoms with Gasteiger partial charge in [-0.1, -0.05) is 5.16 Å². The fourth-order valence-corrected chi connectivity index (χ4v) is 3.40. The van der Waals surface area contributed by atoms with E-state index in [1.807, 2.05) is 0 Å². The number of carbonyl (C=O) groups is 1. The Hall–Kier alpha value is -2.64. The number of likely N-dealkylation sites (tertiary alicyclic amines) is 1. The standard InChI is InChI=1S/C19H22FN3O4/c1-25-14-8-13(9-15(10-14)26-2)17(24)23-7-3-6-19(20,11-23)18-21-16(22-27-18)12-4-5-12/h8-10,12H,3-7,11H2,1-2H3. The Kier molecular flexibility index (Phi) is 4.49. The van der Waals surface area contributed by atoms with Crippen LogP contribution in [0.15, 0.2) is 22.7 Å². The van der Waals surface area contributed by atoms with E-state index < -0.39 is 5.67 Å². The lowest BCUT2D eigenvalue weighted by molar-refractivity contribution is 0.0152. The van der Waals surface area contributed by atoms with Gasteiger partial charge in [-0.25, -0.2) is 4.39 Å². The van der Waals surface area contributed by atoms with E-state index in [1.165, 1.54) is 19.1 Å². The van der Waals surface area contributed by atoms with Gasteiger partial charge < -0.3 is 18.9 Å². The highest BCUT2D eigenvalue weighted by Crippen LogP contribution is 2.41. The highest BCUT2D eigenvalue weighted by molar-refractivity contribution is 5.95. The summed E-state index contributed by atoms with van der Waals surface area (Å²) < 4.78 is 31.2. The van der Waals surface area contributed by atoms with Gasteiger partial charge in [0, 0.05) is 24.1 Å². The second-order valence-electron chi connectivity index (χ2n) is 7.13. The van der Waals surface area contributed by atoms with Gasteiger partial charge in [0.15, 0.2) is 5.82 Å². The maximum atomic E-state index is 15.6. The molecular formula is C19H22FN3O4. The Balaban J connectivity index is 1.55. The van der Waals surface area contributed by atoms with Gasteiger partial charge in [0.05, 0.1) is 20.8 Å². The molecule has 27 heavy (non-hydrogen) atoms. The number of alkyl halides is 1. The molecule has 2 fully saturated rings. The number of ether oxygens (including phenoxy) is 2. The molecule has 1 aliphatic heterocycles. The summed E-state index contributed by atoms with van der Waals surface area (Å²) in [4.78, 5) is 18.7. The molecule has 0 radical (unpaired) electrons. The zero-order valence-electron chi connectivity index (χ0n) is 15.4. The van der Waals surface area contributed by atoms with Crippen LogP contribution in [0.2, 0.25) is 0 Å². The lowest BCUT2D eigenvalue weighted by Crippen LogP contribution is -2.46. The van der Waals surface area contributed by atoms with Crippen molar-refractivity contribution >= 4 is 5.91 Å². The van der Waals surface area contributed by atoms with Crippen LogP contribution in [0.4, 0.5) is 4.39 Å². The molecule has 1 amide bonds. The topological polar surface area (TPSA) is 77.7 Å². The number of hydrogen-bond acceptors (Lipinski definition) is 6. The highest BCUT2D eigenvalue weighted by Gasteiger charge is 2.44. The molecule has 1 atom stereocenters. The first-order chi connectivity index (χ1) is 13.0. The van der Waals surface area contributed by atoms with Gasteiger partial charge in [0.1, 0.15) is 11.5 Å². The van der Waals surface area contributed by atoms with Crippen LogP contribution in [-0.2, 0) is 5.67 Å². The van der Waals surface area contributed by atoms with Crippen LogP contribution >= 0.6 is 0 Å². The molecule has 2 aromatic rings. The van der Waals surface area contributed by atoms with Crippen LogP contribution in [0, 0.1) is 0 Å². The van der Waals surface area contributed by atoms with Gasteiger partial charge in [-0.3, -0.25) is 4.79 Å². The fraction of sp³-hybridized carbons (Fsp3) is 0.526. The lowest BCUT2D eigenvalue weighted by atomic mass is 9.94. The summed E-state index contributed by atoms with van der Waals surface area (Å²) in [5.74, 6) is 1.57. The zero-order valence-corrected chi connectivity index (χ0v) is 15.4. The first kappa shape index (κ1) is 17.8. The summed E-state index contributed by atoms with van der Waals surface area (Å²) in [5, 5.41) is 3.91. The molecule has 0 bridgehead atoms. The summed E-state index contributed by atoms with van der Waals surface area (Å²) in [7, 11) is 3.03. The number of benzene rings is 1. The minimum absolute atomic E-state index is 0.0230. The smallest absolute Gasteiger partial charge is 0.266 e. The van der Waals surface area contributed by atoms with Crippen LogP contribution in [0.1, 0.15) is 53.7 Å². The molecule has 4 rings (SSSR count). The molecule has 7 nitrogen and oxygen atoms in total. The third-order valence-corrected chi connectivity index (χ3v) is 5.10. The predicted molar refractivity (Wildman–Crippen MR) is 93.7 cm³/mol. The Morgan fingerprint density at radius 2 is 1.96 bits per heavy atom. The average molecular weight is 375 g/mol. The van der Waals surface area contributed by atoms with E-state index in [4.69, 9.17) is 14.0 Å². The number of amides is 1. The van der Waals surface area contributed by atoms with Gasteiger partial charge in [-0.05, 0) is 37.8 Å². The molecule has 0 spiro atoms. The Labute approximate surface area is 156 Å². The van der Waals surface area contributed by atoms with Crippen molar-refractivity contribution in [2.24, 2.45) is 0 Å². The van der Waals surface area contributed by atoms with Crippen molar-refractivity contribution in [1.82, 2.24) is 15.0 Å². The van der Waals surface area contributed by atoms with Gasteiger partial charge >= 0.3 is 0 Å². The second kappa shape index (κ2) is 6.83. The molecule has 1 saturated heterocycles. The van der Waals surface area contributed by atoms with Crippen LogP contribution in [-0.4, -0.2) is 48.3 Å². The van der Waals surface area contributed by atoms with Crippen molar-refractivity contribution in [2.75, 3.05) is 27.3 Å². The van der Waals surface area contributed by atoms with Crippen molar-refractivity contribution in [3.63, 3.8) is 0 Å². The molecule has 1 unspecified atom stereocenters. The van der Waals surface area contributed by atoms with Crippen LogP contribution < -0.4 is 9.47 Å². The van der Waals surface area contributed by atoms with E-state index in [0.29, 0.717) is 35.9 Å². The molecule has 0 N–H and O–H groups in total. The molecule has 2 heterocycles. The quantitative estimate of drug-likeness (QED) is 0.799. The molecule has 8 heteroatoms. The molecule has 2 aliphatic rings. The SMILES string of the molecule is COc1cc(OC)cc(C(=O)N2CCCC(F)(c3nc(C4CC4)no3)C2)c1. The number of carbonyl (C=O) groups excluding carboxylic acids is 1. The maximum absolute atomic E-state index is 15.6. The van der Waals surface area contributed by atoms with Crippen molar-refractivity contribution in [2.45, 2.75) is 37.3 Å². The van der Waals surface area contributed by atoms with E-state index in [2.05, 4.69) is 10.1 Å². The molecule has 144 valence electrons. The van der Waals surface area contributed by atoms with Crippen molar-refractivity contribution in [3.05, 3.63) is 35.5 Å². The third kappa shape index (κ3) is 3.48. The number of rotatable bonds is 5. The molecule has 1 aromatic heterocycles. The highest BCUT2D eigenvalue weighted by atomic mass is 19.1. The molecular weight excluding hydrogens is 353 g/mol. The number of nitrogens with zero attached hydrogens (tertiary/aromatic N) is 3. The van der Waals surface area contributed by atoms with Crippen molar-refractivity contribution in [3.8, 4) is 11.5 Å². The minimum atomic E-state index is -1.82. The summed E-state index contributed by atoms with van der Waals surface area (Å²) in [6, 6.07) is 4.93. The normalized spacial score (nSPS) is 22.6. The van der Waals surface area contributed by atoms with Gasteiger partial charge in [-0.15, -0.1) is 0 Å². The van der Waals surface area contributed by atoms with Gasteiger partial charge in [0.25, 0.3) is 11.8 Å². The summed E-state index contributed by atoms with van der Waals surface area (Å²) in [6.07, 6.45) is 2.80. The third-order valence-electron chi connectivity index (χ3n) is 5.10. The van der Waals surface area contributed by atoms with Gasteiger partial charge in [-0.2, -0.15) is 4.98 Å². The van der Waals surface area contributed by atoms with Crippen molar-refractivity contribution < 1.29 is 23.2 Å². The van der Waals surface area contributed by atoms with Crippen LogP contribution in [0.3, 0.4) is 0 Å². The zero-order chi connectivity index (χ0) is 19.0. The first-order valence-electron chi connectivity index (χ1n) is 9.08. The lowest BCUT2D eigenvalue weighted by Gasteiger charge is -2.35. The summed E-state index contributed by atoms with van der Waals surface area (Å²) >= 11 is 0. The van der Waals surface area contributed by atoms with E-state index in [1.54, 1.807) is 18.2 Å². The monoisotopic (exact) mass is 375 g/mol. The first-order valence-corrected chi connectivity index (χ1v) is 9.08. The molecule has 1 saturated carbocycles. The number of halogens is 1. The largest absolute Gasteiger partial charge is 0.497 e. The predicted octanol–water partition coefficient (Wildman–Crippen LogP) is 3.07. The fourth-order valence-electron chi connectivity index (χ4n) is 3.40. The maximum Gasteiger partial charge on any atom is 0.266 e. The van der Waals surface area contributed by atoms with E-state index in [9.17, 15) is 4.79 Å². The average Bonchev–Trinajstić information content (AvgIpc) is 3.42. The summed E-state index contributed by atoms with van der Waals surface area (Å²) in [6.45, 7) is 0.352. The second-order valence-corrected chi connectivity index (χ2v) is 7.13. The number of aromatic nitrogens is 2. The van der Waals surface area contributed by atoms with E-state index in [-0.39, 0.29) is 30.7 Å². The van der Waals surface area contributed by atoms with Crippen LogP contribution in [0.25, 0.3) is 0 Å². The molecule has 1 aromatic carbocycles. The van der Waals surface area contributed by atoms with E-state index >= 15 is 4.39 Å². The minimum Gasteiger partial charge on any atom is -0.497 e. The number of methoxy groups -OCH3 is 2. The number of hydrogen-bond donors (Lipinski definition) is 0.